The molecule has 0 heterocycles. The van der Waals surface area contributed by atoms with Gasteiger partial charge in [-0.25, -0.2) is 0 Å². The molecule has 54 valence electrons. The molecule has 0 aromatic heterocycles. The van der Waals surface area contributed by atoms with Gasteiger partial charge in [-0.1, -0.05) is 0 Å². The van der Waals surface area contributed by atoms with Crippen molar-refractivity contribution in [2.24, 2.45) is 4.99 Å². The van der Waals surface area contributed by atoms with Crippen LogP contribution in [0, 0.1) is 0 Å². The van der Waals surface area contributed by atoms with E-state index in [2.05, 4.69) is 4.99 Å². The van der Waals surface area contributed by atoms with Crippen molar-refractivity contribution in [2.45, 2.75) is 20.0 Å². The highest BCUT2D eigenvalue weighted by Crippen LogP contribution is 1.85. The second-order valence-electron chi connectivity index (χ2n) is 1.92. The molecule has 0 aliphatic heterocycles. The van der Waals surface area contributed by atoms with Gasteiger partial charge in [0.25, 0.3) is 0 Å². The van der Waals surface area contributed by atoms with Gasteiger partial charge in [-0.15, -0.1) is 0 Å². The lowest BCUT2D eigenvalue weighted by molar-refractivity contribution is 0.260. The normalized spacial score (nSPS) is 15.8. The molecule has 2 N–H and O–H groups in total. The number of rotatable bonds is 3. The van der Waals surface area contributed by atoms with Gasteiger partial charge in [-0.05, 0) is 13.8 Å². The van der Waals surface area contributed by atoms with Crippen LogP contribution in [0.25, 0.3) is 0 Å². The number of aliphatic imine (C=N–C) groups is 1. The second-order valence-corrected chi connectivity index (χ2v) is 1.92. The van der Waals surface area contributed by atoms with Gasteiger partial charge in [0, 0.05) is 5.71 Å². The third kappa shape index (κ3) is 4.12. The molecule has 3 nitrogen and oxygen atoms in total. The summed E-state index contributed by atoms with van der Waals surface area (Å²) in [6.07, 6.45) is -0.489. The second kappa shape index (κ2) is 4.47. The summed E-state index contributed by atoms with van der Waals surface area (Å²) in [5.74, 6) is 0. The molecule has 0 radical (unpaired) electrons. The third-order valence-corrected chi connectivity index (χ3v) is 1.07. The predicted octanol–water partition coefficient (Wildman–Crippen LogP) is -0.180. The quantitative estimate of drug-likeness (QED) is 0.522. The Bertz CT molecular complexity index is 99.2. The van der Waals surface area contributed by atoms with Gasteiger partial charge < -0.3 is 10.2 Å². The van der Waals surface area contributed by atoms with E-state index in [1.165, 1.54) is 0 Å². The van der Waals surface area contributed by atoms with Crippen LogP contribution in [0.1, 0.15) is 13.8 Å². The summed E-state index contributed by atoms with van der Waals surface area (Å²) >= 11 is 0. The van der Waals surface area contributed by atoms with Gasteiger partial charge >= 0.3 is 0 Å². The molecule has 1 atom stereocenters. The topological polar surface area (TPSA) is 52.8 Å². The van der Waals surface area contributed by atoms with Crippen molar-refractivity contribution in [3.05, 3.63) is 0 Å². The van der Waals surface area contributed by atoms with E-state index in [0.29, 0.717) is 12.3 Å². The number of hydrogen-bond acceptors (Lipinski definition) is 3. The average Bonchev–Trinajstić information content (AvgIpc) is 1.82. The minimum atomic E-state index is -0.489. The zero-order chi connectivity index (χ0) is 7.28. The van der Waals surface area contributed by atoms with E-state index in [4.69, 9.17) is 10.2 Å². The molecule has 0 amide bonds. The Kier molecular flexibility index (Phi) is 4.26. The van der Waals surface area contributed by atoms with Crippen LogP contribution in [0.4, 0.5) is 0 Å². The minimum Gasteiger partial charge on any atom is -0.394 e. The molecule has 1 unspecified atom stereocenters. The highest BCUT2D eigenvalue weighted by molar-refractivity contribution is 5.85. The van der Waals surface area contributed by atoms with Crippen LogP contribution in [0.15, 0.2) is 4.99 Å². The van der Waals surface area contributed by atoms with E-state index in [1.54, 1.807) is 13.8 Å². The minimum absolute atomic E-state index is 0.0457. The zero-order valence-electron chi connectivity index (χ0n) is 5.83. The Labute approximate surface area is 55.0 Å². The van der Waals surface area contributed by atoms with Gasteiger partial charge in [0.05, 0.1) is 19.3 Å². The molecule has 3 heteroatoms. The van der Waals surface area contributed by atoms with Crippen LogP contribution in [-0.2, 0) is 0 Å². The Hall–Kier alpha value is -0.410. The Morgan fingerprint density at radius 1 is 1.67 bits per heavy atom. The standard InChI is InChI=1S/C6H13NO2/c1-5(6(2)9)7-3-4-8/h6,8-9H,3-4H2,1-2H3. The molecule has 0 saturated carbocycles. The number of aliphatic hydroxyl groups excluding tert-OH is 2. The van der Waals surface area contributed by atoms with Crippen molar-refractivity contribution in [3.8, 4) is 0 Å². The van der Waals surface area contributed by atoms with E-state index in [-0.39, 0.29) is 6.61 Å². The zero-order valence-corrected chi connectivity index (χ0v) is 5.83. The van der Waals surface area contributed by atoms with Gasteiger partial charge in [0.15, 0.2) is 0 Å². The van der Waals surface area contributed by atoms with Crippen LogP contribution in [-0.4, -0.2) is 35.2 Å². The molecule has 0 bridgehead atoms. The molecular formula is C6H13NO2. The molecule has 0 fully saturated rings. The largest absolute Gasteiger partial charge is 0.394 e. The monoisotopic (exact) mass is 131 g/mol. The summed E-state index contributed by atoms with van der Waals surface area (Å²) in [6, 6.07) is 0. The molecule has 9 heavy (non-hydrogen) atoms. The van der Waals surface area contributed by atoms with Gasteiger partial charge in [0.1, 0.15) is 0 Å². The van der Waals surface area contributed by atoms with Gasteiger partial charge in [-0.3, -0.25) is 4.99 Å². The van der Waals surface area contributed by atoms with E-state index in [0.717, 1.165) is 0 Å². The Morgan fingerprint density at radius 2 is 2.22 bits per heavy atom. The predicted molar refractivity (Wildman–Crippen MR) is 36.7 cm³/mol. The maximum Gasteiger partial charge on any atom is 0.0885 e. The first-order valence-electron chi connectivity index (χ1n) is 2.98. The third-order valence-electron chi connectivity index (χ3n) is 1.07. The lowest BCUT2D eigenvalue weighted by atomic mass is 10.3. The molecular weight excluding hydrogens is 118 g/mol. The Balaban J connectivity index is 3.55. The van der Waals surface area contributed by atoms with E-state index >= 15 is 0 Å². The van der Waals surface area contributed by atoms with Crippen molar-refractivity contribution >= 4 is 5.71 Å². The SMILES string of the molecule is CC(=NCCO)C(C)O. The van der Waals surface area contributed by atoms with Crippen molar-refractivity contribution in [3.63, 3.8) is 0 Å². The smallest absolute Gasteiger partial charge is 0.0885 e. The van der Waals surface area contributed by atoms with Crippen molar-refractivity contribution in [1.82, 2.24) is 0 Å². The highest BCUT2D eigenvalue weighted by atomic mass is 16.3. The van der Waals surface area contributed by atoms with Gasteiger partial charge in [0.2, 0.25) is 0 Å². The van der Waals surface area contributed by atoms with E-state index < -0.39 is 6.10 Å². The first kappa shape index (κ1) is 8.59. The van der Waals surface area contributed by atoms with Crippen molar-refractivity contribution < 1.29 is 10.2 Å². The average molecular weight is 131 g/mol. The summed E-state index contributed by atoms with van der Waals surface area (Å²) in [5, 5.41) is 17.1. The van der Waals surface area contributed by atoms with E-state index in [1.807, 2.05) is 0 Å². The fourth-order valence-corrected chi connectivity index (χ4v) is 0.358. The summed E-state index contributed by atoms with van der Waals surface area (Å²) < 4.78 is 0. The highest BCUT2D eigenvalue weighted by Gasteiger charge is 1.96. The summed E-state index contributed by atoms with van der Waals surface area (Å²) in [7, 11) is 0. The summed E-state index contributed by atoms with van der Waals surface area (Å²) in [6.45, 7) is 3.82. The molecule has 0 aliphatic carbocycles. The molecule has 0 spiro atoms. The maximum atomic E-state index is 8.84. The molecule has 0 aliphatic rings. The summed E-state index contributed by atoms with van der Waals surface area (Å²) in [4.78, 5) is 3.86. The first-order chi connectivity index (χ1) is 4.18. The molecule has 0 saturated heterocycles. The fourth-order valence-electron chi connectivity index (χ4n) is 0.358. The number of aliphatic hydroxyl groups is 2. The molecule has 0 rings (SSSR count). The van der Waals surface area contributed by atoms with Crippen LogP contribution >= 0.6 is 0 Å². The van der Waals surface area contributed by atoms with Crippen LogP contribution in [0.5, 0.6) is 0 Å². The number of hydrogen-bond donors (Lipinski definition) is 2. The first-order valence-corrected chi connectivity index (χ1v) is 2.98. The van der Waals surface area contributed by atoms with Crippen molar-refractivity contribution in [2.75, 3.05) is 13.2 Å². The van der Waals surface area contributed by atoms with Crippen LogP contribution < -0.4 is 0 Å². The lowest BCUT2D eigenvalue weighted by Gasteiger charge is -2.00. The molecule has 0 aromatic carbocycles. The van der Waals surface area contributed by atoms with Gasteiger partial charge in [-0.2, -0.15) is 0 Å². The summed E-state index contributed by atoms with van der Waals surface area (Å²) in [5.41, 5.74) is 0.670. The number of nitrogens with zero attached hydrogens (tertiary/aromatic N) is 1. The Morgan fingerprint density at radius 3 is 2.56 bits per heavy atom. The molecule has 0 aromatic rings. The van der Waals surface area contributed by atoms with Crippen LogP contribution in [0.2, 0.25) is 0 Å². The fraction of sp³-hybridized carbons (Fsp3) is 0.833. The van der Waals surface area contributed by atoms with Crippen molar-refractivity contribution in [1.29, 1.82) is 0 Å². The maximum absolute atomic E-state index is 8.84. The lowest BCUT2D eigenvalue weighted by Crippen LogP contribution is -2.13. The van der Waals surface area contributed by atoms with Crippen LogP contribution in [0.3, 0.4) is 0 Å². The van der Waals surface area contributed by atoms with E-state index in [9.17, 15) is 0 Å².